The first-order chi connectivity index (χ1) is 17.3. The molecule has 2 aromatic heterocycles. The van der Waals surface area contributed by atoms with Gasteiger partial charge in [-0.3, -0.25) is 9.48 Å². The van der Waals surface area contributed by atoms with Crippen molar-refractivity contribution in [2.45, 2.75) is 31.5 Å². The molecule has 36 heavy (non-hydrogen) atoms. The van der Waals surface area contributed by atoms with Crippen molar-refractivity contribution >= 4 is 22.5 Å². The number of halogens is 3. The van der Waals surface area contributed by atoms with Crippen LogP contribution in [0.25, 0.3) is 22.2 Å². The monoisotopic (exact) mass is 494 g/mol. The maximum Gasteiger partial charge on any atom is 0.393 e. The van der Waals surface area contributed by atoms with Crippen molar-refractivity contribution in [2.75, 3.05) is 18.0 Å². The predicted molar refractivity (Wildman–Crippen MR) is 131 cm³/mol. The molecule has 4 aromatic rings. The van der Waals surface area contributed by atoms with Crippen LogP contribution >= 0.6 is 0 Å². The number of carbonyl (C=O) groups is 1. The Morgan fingerprint density at radius 1 is 1.00 bits per heavy atom. The zero-order valence-electron chi connectivity index (χ0n) is 19.7. The van der Waals surface area contributed by atoms with Gasteiger partial charge in [0.05, 0.1) is 12.1 Å². The first-order valence-electron chi connectivity index (χ1n) is 11.7. The molecule has 0 radical (unpaired) electrons. The second-order valence-electron chi connectivity index (χ2n) is 8.98. The summed E-state index contributed by atoms with van der Waals surface area (Å²) < 4.78 is 39.4. The quantitative estimate of drug-likeness (QED) is 0.441. The summed E-state index contributed by atoms with van der Waals surface area (Å²) in [6.07, 6.45) is -2.11. The normalized spacial score (nSPS) is 14.8. The summed E-state index contributed by atoms with van der Waals surface area (Å²) in [7, 11) is 1.87. The van der Waals surface area contributed by atoms with Crippen molar-refractivity contribution in [3.8, 4) is 11.4 Å². The van der Waals surface area contributed by atoms with E-state index in [-0.39, 0.29) is 17.5 Å². The zero-order valence-corrected chi connectivity index (χ0v) is 19.7. The lowest BCUT2D eigenvalue weighted by Crippen LogP contribution is -2.45. The van der Waals surface area contributed by atoms with Crippen molar-refractivity contribution in [2.24, 2.45) is 7.05 Å². The van der Waals surface area contributed by atoms with Crippen molar-refractivity contribution in [1.29, 1.82) is 0 Å². The molecule has 10 heteroatoms. The number of benzene rings is 2. The van der Waals surface area contributed by atoms with Crippen molar-refractivity contribution in [1.82, 2.24) is 25.3 Å². The number of amides is 1. The van der Waals surface area contributed by atoms with Crippen molar-refractivity contribution < 1.29 is 18.0 Å². The van der Waals surface area contributed by atoms with Gasteiger partial charge in [0, 0.05) is 48.7 Å². The summed E-state index contributed by atoms with van der Waals surface area (Å²) in [5.74, 6) is 0.527. The third-order valence-electron chi connectivity index (χ3n) is 6.48. The van der Waals surface area contributed by atoms with Crippen LogP contribution in [0.2, 0.25) is 0 Å². The highest BCUT2D eigenvalue weighted by Crippen LogP contribution is 2.32. The molecule has 1 aliphatic rings. The van der Waals surface area contributed by atoms with Gasteiger partial charge in [0.2, 0.25) is 0 Å². The Balaban J connectivity index is 1.25. The summed E-state index contributed by atoms with van der Waals surface area (Å²) in [5, 5.41) is 18.3. The lowest BCUT2D eigenvalue weighted by Gasteiger charge is -2.33. The maximum absolute atomic E-state index is 12.6. The van der Waals surface area contributed by atoms with Crippen LogP contribution in [0, 0.1) is 0 Å². The molecule has 1 fully saturated rings. The molecule has 186 valence electrons. The number of hydrogen-bond donors (Lipinski definition) is 1. The number of hydrogen-bond acceptors (Lipinski definition) is 5. The van der Waals surface area contributed by atoms with Gasteiger partial charge in [-0.15, -0.1) is 10.2 Å². The first kappa shape index (κ1) is 23.8. The van der Waals surface area contributed by atoms with Crippen LogP contribution in [0.5, 0.6) is 0 Å². The van der Waals surface area contributed by atoms with Crippen molar-refractivity contribution in [3.05, 3.63) is 71.9 Å². The summed E-state index contributed by atoms with van der Waals surface area (Å²) in [5.41, 5.74) is 2.15. The van der Waals surface area contributed by atoms with Crippen LogP contribution in [0.4, 0.5) is 19.0 Å². The largest absolute Gasteiger partial charge is 0.393 e. The fourth-order valence-electron chi connectivity index (χ4n) is 4.63. The van der Waals surface area contributed by atoms with E-state index in [1.54, 1.807) is 10.9 Å². The minimum absolute atomic E-state index is 0.0310. The Morgan fingerprint density at radius 2 is 1.69 bits per heavy atom. The second-order valence-corrected chi connectivity index (χ2v) is 8.98. The lowest BCUT2D eigenvalue weighted by molar-refractivity contribution is -0.127. The van der Waals surface area contributed by atoms with Gasteiger partial charge in [-0.05, 0) is 36.6 Å². The van der Waals surface area contributed by atoms with Crippen LogP contribution in [-0.2, 0) is 13.5 Å². The van der Waals surface area contributed by atoms with Gasteiger partial charge < -0.3 is 10.2 Å². The lowest BCUT2D eigenvalue weighted by atomic mass is 10.0. The average Bonchev–Trinajstić information content (AvgIpc) is 3.29. The first-order valence-corrected chi connectivity index (χ1v) is 11.7. The number of nitrogens with one attached hydrogen (secondary N) is 1. The topological polar surface area (TPSA) is 75.9 Å². The minimum Gasteiger partial charge on any atom is -0.354 e. The van der Waals surface area contributed by atoms with E-state index in [4.69, 9.17) is 0 Å². The van der Waals surface area contributed by atoms with Crippen LogP contribution in [0.3, 0.4) is 0 Å². The average molecular weight is 495 g/mol. The predicted octanol–water partition coefficient (Wildman–Crippen LogP) is 4.53. The van der Waals surface area contributed by atoms with Crippen LogP contribution < -0.4 is 10.2 Å². The number of aryl methyl sites for hydroxylation is 1. The SMILES string of the molecule is Cn1nccc1-c1nnc(N2CCC(NC(=O)c3ccc(CC(F)(F)F)cc3)CC2)c2ccccc12. The zero-order chi connectivity index (χ0) is 25.3. The summed E-state index contributed by atoms with van der Waals surface area (Å²) >= 11 is 0. The molecule has 0 bridgehead atoms. The van der Waals surface area contributed by atoms with Gasteiger partial charge in [0.1, 0.15) is 5.69 Å². The standard InChI is InChI=1S/C26H25F3N6O/c1-34-22(10-13-30-34)23-20-4-2-3-5-21(20)24(33-32-23)35-14-11-19(12-15-35)31-25(36)18-8-6-17(7-9-18)16-26(27,28)29/h2-10,13,19H,11-12,14-16H2,1H3,(H,31,36). The minimum atomic E-state index is -4.27. The van der Waals surface area contributed by atoms with Gasteiger partial charge in [0.25, 0.3) is 5.91 Å². The number of carbonyl (C=O) groups excluding carboxylic acids is 1. The van der Waals surface area contributed by atoms with E-state index in [0.29, 0.717) is 18.7 Å². The molecule has 5 rings (SSSR count). The number of rotatable bonds is 5. The summed E-state index contributed by atoms with van der Waals surface area (Å²) in [6.45, 7) is 1.39. The maximum atomic E-state index is 12.6. The highest BCUT2D eigenvalue weighted by molar-refractivity contribution is 5.99. The Morgan fingerprint density at radius 3 is 2.33 bits per heavy atom. The van der Waals surface area contributed by atoms with E-state index in [2.05, 4.69) is 25.5 Å². The molecule has 0 spiro atoms. The number of nitrogens with zero attached hydrogens (tertiary/aromatic N) is 5. The van der Waals surface area contributed by atoms with Gasteiger partial charge in [0.15, 0.2) is 5.82 Å². The molecule has 1 amide bonds. The van der Waals surface area contributed by atoms with Crippen LogP contribution in [0.1, 0.15) is 28.8 Å². The number of alkyl halides is 3. The third-order valence-corrected chi connectivity index (χ3v) is 6.48. The van der Waals surface area contributed by atoms with Gasteiger partial charge >= 0.3 is 6.18 Å². The fourth-order valence-corrected chi connectivity index (χ4v) is 4.63. The molecule has 0 unspecified atom stereocenters. The Bertz CT molecular complexity index is 1370. The highest BCUT2D eigenvalue weighted by atomic mass is 19.4. The van der Waals surface area contributed by atoms with E-state index in [1.807, 2.05) is 37.4 Å². The second kappa shape index (κ2) is 9.60. The van der Waals surface area contributed by atoms with E-state index >= 15 is 0 Å². The number of aromatic nitrogens is 4. The van der Waals surface area contributed by atoms with E-state index in [0.717, 1.165) is 40.8 Å². The Hall–Kier alpha value is -3.95. The molecule has 1 saturated heterocycles. The van der Waals surface area contributed by atoms with Crippen LogP contribution in [-0.4, -0.2) is 51.2 Å². The Kier molecular flexibility index (Phi) is 6.34. The molecule has 1 aliphatic heterocycles. The van der Waals surface area contributed by atoms with Crippen molar-refractivity contribution in [3.63, 3.8) is 0 Å². The Labute approximate surface area is 205 Å². The molecule has 2 aromatic carbocycles. The van der Waals surface area contributed by atoms with E-state index in [9.17, 15) is 18.0 Å². The van der Waals surface area contributed by atoms with Gasteiger partial charge in [-0.1, -0.05) is 36.4 Å². The highest BCUT2D eigenvalue weighted by Gasteiger charge is 2.28. The van der Waals surface area contributed by atoms with Crippen LogP contribution in [0.15, 0.2) is 60.8 Å². The van der Waals surface area contributed by atoms with Gasteiger partial charge in [-0.25, -0.2) is 0 Å². The van der Waals surface area contributed by atoms with E-state index < -0.39 is 12.6 Å². The van der Waals surface area contributed by atoms with E-state index in [1.165, 1.54) is 24.3 Å². The number of fused-ring (bicyclic) bond motifs is 1. The molecular formula is C26H25F3N6O. The molecule has 0 saturated carbocycles. The molecule has 1 N–H and O–H groups in total. The number of piperidine rings is 1. The number of anilines is 1. The van der Waals surface area contributed by atoms with Gasteiger partial charge in [-0.2, -0.15) is 18.3 Å². The molecule has 7 nitrogen and oxygen atoms in total. The fraction of sp³-hybridized carbons (Fsp3) is 0.308. The smallest absolute Gasteiger partial charge is 0.354 e. The molecule has 3 heterocycles. The summed E-state index contributed by atoms with van der Waals surface area (Å²) in [6, 6.07) is 15.5. The molecule has 0 atom stereocenters. The molecule has 0 aliphatic carbocycles. The third kappa shape index (κ3) is 5.02. The molecular weight excluding hydrogens is 469 g/mol. The summed E-state index contributed by atoms with van der Waals surface area (Å²) in [4.78, 5) is 14.8.